The van der Waals surface area contributed by atoms with Crippen LogP contribution in [0.2, 0.25) is 0 Å². The molecule has 0 fully saturated rings. The van der Waals surface area contributed by atoms with E-state index in [-0.39, 0.29) is 11.7 Å². The maximum Gasteiger partial charge on any atom is 0.260 e. The van der Waals surface area contributed by atoms with Crippen molar-refractivity contribution in [1.82, 2.24) is 5.32 Å². The summed E-state index contributed by atoms with van der Waals surface area (Å²) in [6.07, 6.45) is 0.0752. The number of nitrogens with one attached hydrogen (secondary N) is 1. The van der Waals surface area contributed by atoms with E-state index in [1.807, 2.05) is 12.1 Å². The van der Waals surface area contributed by atoms with Gasteiger partial charge in [-0.25, -0.2) is 4.39 Å². The van der Waals surface area contributed by atoms with Gasteiger partial charge in [-0.15, -0.1) is 0 Å². The van der Waals surface area contributed by atoms with Gasteiger partial charge in [-0.2, -0.15) is 0 Å². The molecule has 22 heavy (non-hydrogen) atoms. The van der Waals surface area contributed by atoms with Crippen molar-refractivity contribution in [3.8, 4) is 5.75 Å². The summed E-state index contributed by atoms with van der Waals surface area (Å²) < 4.78 is 19.3. The molecular weight excluding hydrogens is 349 g/mol. The predicted molar refractivity (Wildman–Crippen MR) is 87.3 cm³/mol. The van der Waals surface area contributed by atoms with Gasteiger partial charge in [-0.1, -0.05) is 28.1 Å². The molecule has 1 N–H and O–H groups in total. The van der Waals surface area contributed by atoms with E-state index in [4.69, 9.17) is 4.74 Å². The standard InChI is InChI=1S/C17H17BrFNO2/c1-12(22-16-8-4-14(18)5-9-16)17(21)20-11-10-13-2-6-15(19)7-3-13/h2-9,12H,10-11H2,1H3,(H,20,21)/t12-/m0/s1. The van der Waals surface area contributed by atoms with Crippen LogP contribution < -0.4 is 10.1 Å². The lowest BCUT2D eigenvalue weighted by atomic mass is 10.1. The molecule has 0 aliphatic carbocycles. The molecule has 2 aromatic rings. The summed E-state index contributed by atoms with van der Waals surface area (Å²) in [5.74, 6) is 0.207. The van der Waals surface area contributed by atoms with E-state index in [0.717, 1.165) is 10.0 Å². The topological polar surface area (TPSA) is 38.3 Å². The normalized spacial score (nSPS) is 11.8. The number of hydrogen-bond donors (Lipinski definition) is 1. The fraction of sp³-hybridized carbons (Fsp3) is 0.235. The van der Waals surface area contributed by atoms with Crippen LogP contribution in [0.25, 0.3) is 0 Å². The molecule has 0 aromatic heterocycles. The van der Waals surface area contributed by atoms with Gasteiger partial charge in [0.2, 0.25) is 0 Å². The van der Waals surface area contributed by atoms with Gasteiger partial charge in [0.1, 0.15) is 11.6 Å². The summed E-state index contributed by atoms with van der Waals surface area (Å²) in [5, 5.41) is 2.81. The van der Waals surface area contributed by atoms with Crippen LogP contribution in [0.3, 0.4) is 0 Å². The third-order valence-electron chi connectivity index (χ3n) is 3.12. The van der Waals surface area contributed by atoms with Crippen molar-refractivity contribution >= 4 is 21.8 Å². The van der Waals surface area contributed by atoms with Crippen molar-refractivity contribution in [3.63, 3.8) is 0 Å². The lowest BCUT2D eigenvalue weighted by Crippen LogP contribution is -2.37. The van der Waals surface area contributed by atoms with Crippen molar-refractivity contribution in [2.45, 2.75) is 19.4 Å². The van der Waals surface area contributed by atoms with Crippen molar-refractivity contribution in [2.24, 2.45) is 0 Å². The second kappa shape index (κ2) is 7.94. The van der Waals surface area contributed by atoms with E-state index in [9.17, 15) is 9.18 Å². The van der Waals surface area contributed by atoms with Crippen LogP contribution >= 0.6 is 15.9 Å². The Hall–Kier alpha value is -1.88. The minimum Gasteiger partial charge on any atom is -0.481 e. The van der Waals surface area contributed by atoms with Gasteiger partial charge in [-0.05, 0) is 55.3 Å². The van der Waals surface area contributed by atoms with Crippen LogP contribution in [0, 0.1) is 5.82 Å². The molecule has 2 rings (SSSR count). The summed E-state index contributed by atoms with van der Waals surface area (Å²) in [6.45, 7) is 2.19. The summed E-state index contributed by atoms with van der Waals surface area (Å²) in [7, 11) is 0. The second-order valence-corrected chi connectivity index (χ2v) is 5.80. The molecule has 0 saturated heterocycles. The first-order valence-electron chi connectivity index (χ1n) is 6.99. The molecular formula is C17H17BrFNO2. The highest BCUT2D eigenvalue weighted by Gasteiger charge is 2.13. The van der Waals surface area contributed by atoms with Crippen LogP contribution in [0.4, 0.5) is 4.39 Å². The highest BCUT2D eigenvalue weighted by Crippen LogP contribution is 2.17. The lowest BCUT2D eigenvalue weighted by molar-refractivity contribution is -0.127. The summed E-state index contributed by atoms with van der Waals surface area (Å²) in [4.78, 5) is 12.0. The van der Waals surface area contributed by atoms with Crippen LogP contribution in [-0.2, 0) is 11.2 Å². The Kier molecular flexibility index (Phi) is 5.95. The molecule has 0 aliphatic rings. The maximum absolute atomic E-state index is 12.8. The molecule has 0 spiro atoms. The Morgan fingerprint density at radius 2 is 1.82 bits per heavy atom. The van der Waals surface area contributed by atoms with Crippen molar-refractivity contribution < 1.29 is 13.9 Å². The maximum atomic E-state index is 12.8. The monoisotopic (exact) mass is 365 g/mol. The smallest absolute Gasteiger partial charge is 0.260 e. The second-order valence-electron chi connectivity index (χ2n) is 4.88. The number of rotatable bonds is 6. The number of benzene rings is 2. The first kappa shape index (κ1) is 16.5. The zero-order valence-corrected chi connectivity index (χ0v) is 13.8. The molecule has 2 aromatic carbocycles. The minimum atomic E-state index is -0.575. The van der Waals surface area contributed by atoms with Crippen molar-refractivity contribution in [2.75, 3.05) is 6.54 Å². The molecule has 0 aliphatic heterocycles. The molecule has 0 saturated carbocycles. The van der Waals surface area contributed by atoms with Crippen LogP contribution in [0.5, 0.6) is 5.75 Å². The Morgan fingerprint density at radius 1 is 1.18 bits per heavy atom. The Balaban J connectivity index is 1.76. The van der Waals surface area contributed by atoms with Crippen molar-refractivity contribution in [3.05, 3.63) is 64.4 Å². The molecule has 0 unspecified atom stereocenters. The van der Waals surface area contributed by atoms with Gasteiger partial charge >= 0.3 is 0 Å². The van der Waals surface area contributed by atoms with Crippen LogP contribution in [0.1, 0.15) is 12.5 Å². The Labute approximate surface area is 137 Å². The van der Waals surface area contributed by atoms with E-state index in [1.165, 1.54) is 12.1 Å². The van der Waals surface area contributed by atoms with Crippen LogP contribution in [0.15, 0.2) is 53.0 Å². The van der Waals surface area contributed by atoms with E-state index >= 15 is 0 Å². The van der Waals surface area contributed by atoms with Gasteiger partial charge in [0.25, 0.3) is 5.91 Å². The molecule has 1 atom stereocenters. The van der Waals surface area contributed by atoms with Crippen LogP contribution in [-0.4, -0.2) is 18.6 Å². The first-order chi connectivity index (χ1) is 10.5. The summed E-state index contributed by atoms with van der Waals surface area (Å²) >= 11 is 3.34. The lowest BCUT2D eigenvalue weighted by Gasteiger charge is -2.14. The zero-order chi connectivity index (χ0) is 15.9. The Bertz CT molecular complexity index is 614. The van der Waals surface area contributed by atoms with E-state index in [1.54, 1.807) is 31.2 Å². The molecule has 116 valence electrons. The molecule has 0 heterocycles. The largest absolute Gasteiger partial charge is 0.481 e. The quantitative estimate of drug-likeness (QED) is 0.847. The van der Waals surface area contributed by atoms with Crippen molar-refractivity contribution in [1.29, 1.82) is 0 Å². The Morgan fingerprint density at radius 3 is 2.45 bits per heavy atom. The number of amides is 1. The van der Waals surface area contributed by atoms with E-state index in [0.29, 0.717) is 18.7 Å². The summed E-state index contributed by atoms with van der Waals surface area (Å²) in [6, 6.07) is 13.6. The molecule has 3 nitrogen and oxygen atoms in total. The number of carbonyl (C=O) groups is 1. The number of hydrogen-bond acceptors (Lipinski definition) is 2. The molecule has 0 radical (unpaired) electrons. The highest BCUT2D eigenvalue weighted by molar-refractivity contribution is 9.10. The first-order valence-corrected chi connectivity index (χ1v) is 7.78. The van der Waals surface area contributed by atoms with E-state index in [2.05, 4.69) is 21.2 Å². The SMILES string of the molecule is C[C@H](Oc1ccc(Br)cc1)C(=O)NCCc1ccc(F)cc1. The average Bonchev–Trinajstić information content (AvgIpc) is 2.51. The fourth-order valence-electron chi connectivity index (χ4n) is 1.90. The van der Waals surface area contributed by atoms with Gasteiger partial charge in [0.15, 0.2) is 6.10 Å². The highest BCUT2D eigenvalue weighted by atomic mass is 79.9. The molecule has 0 bridgehead atoms. The molecule has 5 heteroatoms. The van der Waals surface area contributed by atoms with Gasteiger partial charge in [0.05, 0.1) is 0 Å². The zero-order valence-electron chi connectivity index (χ0n) is 12.2. The molecule has 1 amide bonds. The van der Waals surface area contributed by atoms with Gasteiger partial charge in [0, 0.05) is 11.0 Å². The number of carbonyl (C=O) groups excluding carboxylic acids is 1. The fourth-order valence-corrected chi connectivity index (χ4v) is 2.16. The predicted octanol–water partition coefficient (Wildman–Crippen LogP) is 3.71. The minimum absolute atomic E-state index is 0.176. The number of halogens is 2. The third-order valence-corrected chi connectivity index (χ3v) is 3.65. The van der Waals surface area contributed by atoms with E-state index < -0.39 is 6.10 Å². The summed E-state index contributed by atoms with van der Waals surface area (Å²) in [5.41, 5.74) is 0.975. The van der Waals surface area contributed by atoms with Gasteiger partial charge < -0.3 is 10.1 Å². The average molecular weight is 366 g/mol. The number of ether oxygens (including phenoxy) is 1. The third kappa shape index (κ3) is 5.15. The van der Waals surface area contributed by atoms with Gasteiger partial charge in [-0.3, -0.25) is 4.79 Å².